The molecule has 0 radical (unpaired) electrons. The van der Waals surface area contributed by atoms with E-state index in [4.69, 9.17) is 0 Å². The first-order valence-electron chi connectivity index (χ1n) is 6.79. The molecule has 0 aliphatic rings. The lowest BCUT2D eigenvalue weighted by molar-refractivity contribution is -0.132. The summed E-state index contributed by atoms with van der Waals surface area (Å²) in [5.41, 5.74) is -0.00985. The van der Waals surface area contributed by atoms with E-state index >= 15 is 0 Å². The zero-order chi connectivity index (χ0) is 19.6. The smallest absolute Gasteiger partial charge is 0.330 e. The second-order valence-corrected chi connectivity index (χ2v) is 6.98. The van der Waals surface area contributed by atoms with Crippen LogP contribution >= 0.6 is 0 Å². The molecule has 0 aliphatic carbocycles. The van der Waals surface area contributed by atoms with Gasteiger partial charge in [-0.2, -0.15) is 8.78 Å². The number of sulfone groups is 1. The summed E-state index contributed by atoms with van der Waals surface area (Å²) in [4.78, 5) is 11.5. The Kier molecular flexibility index (Phi) is 5.50. The molecule has 0 unspecified atom stereocenters. The summed E-state index contributed by atoms with van der Waals surface area (Å²) in [5, 5.41) is 2.36. The van der Waals surface area contributed by atoms with E-state index in [2.05, 4.69) is 10.1 Å². The molecule has 0 fully saturated rings. The molecule has 0 saturated carbocycles. The van der Waals surface area contributed by atoms with Crippen LogP contribution in [0.2, 0.25) is 0 Å². The van der Waals surface area contributed by atoms with Crippen molar-refractivity contribution in [3.63, 3.8) is 0 Å². The molecule has 2 aromatic rings. The molecule has 26 heavy (non-hydrogen) atoms. The summed E-state index contributed by atoms with van der Waals surface area (Å²) in [6.07, 6.45) is 0.917. The highest BCUT2D eigenvalue weighted by Gasteiger charge is 2.28. The van der Waals surface area contributed by atoms with E-state index in [-0.39, 0.29) is 10.6 Å². The number of halogens is 5. The number of nitrogens with one attached hydrogen (secondary N) is 1. The highest BCUT2D eigenvalue weighted by molar-refractivity contribution is 7.90. The average Bonchev–Trinajstić information content (AvgIpc) is 2.59. The number of para-hydroxylation sites is 1. The van der Waals surface area contributed by atoms with Gasteiger partial charge in [0.1, 0.15) is 6.54 Å². The van der Waals surface area contributed by atoms with Crippen LogP contribution in [0.3, 0.4) is 0 Å². The fourth-order valence-electron chi connectivity index (χ4n) is 1.93. The molecular weight excluding hydrogens is 385 g/mol. The van der Waals surface area contributed by atoms with Crippen molar-refractivity contribution in [2.45, 2.75) is 4.90 Å². The number of carbonyl (C=O) groups is 1. The molecule has 1 N–H and O–H groups in total. The van der Waals surface area contributed by atoms with Gasteiger partial charge in [-0.1, -0.05) is 12.1 Å². The number of benzene rings is 2. The van der Waals surface area contributed by atoms with Crippen LogP contribution in [0.15, 0.2) is 29.2 Å². The van der Waals surface area contributed by atoms with Crippen molar-refractivity contribution >= 4 is 21.5 Å². The van der Waals surface area contributed by atoms with Gasteiger partial charge in [0, 0.05) is 6.26 Å². The first-order valence-corrected chi connectivity index (χ1v) is 8.68. The minimum atomic E-state index is -3.65. The van der Waals surface area contributed by atoms with E-state index in [1.165, 1.54) is 24.3 Å². The molecule has 140 valence electrons. The van der Waals surface area contributed by atoms with Crippen LogP contribution in [0.25, 0.3) is 0 Å². The van der Waals surface area contributed by atoms with E-state index in [0.717, 1.165) is 6.26 Å². The second-order valence-electron chi connectivity index (χ2n) is 4.99. The molecule has 0 atom stereocenters. The third kappa shape index (κ3) is 3.93. The van der Waals surface area contributed by atoms with Gasteiger partial charge in [-0.05, 0) is 12.1 Å². The maximum atomic E-state index is 13.4. The van der Waals surface area contributed by atoms with Crippen LogP contribution in [0, 0.1) is 29.1 Å². The molecule has 5 nitrogen and oxygen atoms in total. The number of hydrogen-bond acceptors (Lipinski definition) is 5. The molecule has 0 aliphatic heterocycles. The van der Waals surface area contributed by atoms with E-state index in [9.17, 15) is 35.2 Å². The van der Waals surface area contributed by atoms with Gasteiger partial charge < -0.3 is 10.1 Å². The Morgan fingerprint density at radius 1 is 0.962 bits per heavy atom. The molecule has 0 aromatic heterocycles. The third-order valence-electron chi connectivity index (χ3n) is 3.10. The van der Waals surface area contributed by atoms with Crippen LogP contribution < -0.4 is 10.1 Å². The van der Waals surface area contributed by atoms with Gasteiger partial charge in [-0.3, -0.25) is 0 Å². The van der Waals surface area contributed by atoms with Crippen molar-refractivity contribution in [3.05, 3.63) is 53.4 Å². The van der Waals surface area contributed by atoms with Crippen LogP contribution in [0.5, 0.6) is 5.75 Å². The Hall–Kier alpha value is -2.69. The predicted octanol–water partition coefficient (Wildman–Crippen LogP) is 2.80. The standard InChI is InChI=1S/C15H10F5NO4S/c1-26(23,24)8-5-3-2-4-7(8)21-6-9(22)25-15-13(19)11(17)10(16)12(18)14(15)20/h2-5,21H,6H2,1H3. The first kappa shape index (κ1) is 19.6. The van der Waals surface area contributed by atoms with Gasteiger partial charge in [-0.25, -0.2) is 26.4 Å². The molecule has 2 aromatic carbocycles. The van der Waals surface area contributed by atoms with Gasteiger partial charge in [0.25, 0.3) is 0 Å². The highest BCUT2D eigenvalue weighted by atomic mass is 32.2. The van der Waals surface area contributed by atoms with Gasteiger partial charge in [0.05, 0.1) is 10.6 Å². The van der Waals surface area contributed by atoms with Crippen molar-refractivity contribution in [2.24, 2.45) is 0 Å². The Bertz CT molecular complexity index is 949. The van der Waals surface area contributed by atoms with Crippen LogP contribution in [-0.4, -0.2) is 27.2 Å². The Labute approximate surface area is 144 Å². The Balaban J connectivity index is 2.20. The van der Waals surface area contributed by atoms with Gasteiger partial charge in [0.2, 0.25) is 34.8 Å². The number of anilines is 1. The summed E-state index contributed by atoms with van der Waals surface area (Å²) in [5.74, 6) is -14.7. The van der Waals surface area contributed by atoms with E-state index in [1.54, 1.807) is 0 Å². The predicted molar refractivity (Wildman–Crippen MR) is 79.9 cm³/mol. The first-order chi connectivity index (χ1) is 12.0. The zero-order valence-corrected chi connectivity index (χ0v) is 13.8. The lowest BCUT2D eigenvalue weighted by atomic mass is 10.2. The normalized spacial score (nSPS) is 11.3. The number of esters is 1. The maximum absolute atomic E-state index is 13.4. The minimum Gasteiger partial charge on any atom is -0.419 e. The Morgan fingerprint density at radius 3 is 2.00 bits per heavy atom. The number of carbonyl (C=O) groups excluding carboxylic acids is 1. The van der Waals surface area contributed by atoms with E-state index in [1.807, 2.05) is 0 Å². The molecule has 0 spiro atoms. The second kappa shape index (κ2) is 7.28. The number of ether oxygens (including phenoxy) is 1. The fraction of sp³-hybridized carbons (Fsp3) is 0.133. The molecule has 0 bridgehead atoms. The molecule has 0 heterocycles. The summed E-state index contributed by atoms with van der Waals surface area (Å²) in [6.45, 7) is -0.800. The lowest BCUT2D eigenvalue weighted by Gasteiger charge is -2.11. The monoisotopic (exact) mass is 395 g/mol. The quantitative estimate of drug-likeness (QED) is 0.277. The van der Waals surface area contributed by atoms with E-state index < -0.39 is 57.2 Å². The minimum absolute atomic E-state index is 0.00985. The fourth-order valence-corrected chi connectivity index (χ4v) is 2.79. The largest absolute Gasteiger partial charge is 0.419 e. The highest BCUT2D eigenvalue weighted by Crippen LogP contribution is 2.29. The van der Waals surface area contributed by atoms with Gasteiger partial charge in [0.15, 0.2) is 9.84 Å². The zero-order valence-electron chi connectivity index (χ0n) is 12.9. The van der Waals surface area contributed by atoms with Crippen molar-refractivity contribution < 1.29 is 39.9 Å². The summed E-state index contributed by atoms with van der Waals surface area (Å²) < 4.78 is 93.3. The van der Waals surface area contributed by atoms with Crippen molar-refractivity contribution in [1.82, 2.24) is 0 Å². The van der Waals surface area contributed by atoms with Gasteiger partial charge in [-0.15, -0.1) is 0 Å². The molecule has 2 rings (SSSR count). The maximum Gasteiger partial charge on any atom is 0.330 e. The van der Waals surface area contributed by atoms with Crippen LogP contribution in [0.1, 0.15) is 0 Å². The summed E-state index contributed by atoms with van der Waals surface area (Å²) in [7, 11) is -3.65. The van der Waals surface area contributed by atoms with Crippen molar-refractivity contribution in [1.29, 1.82) is 0 Å². The Morgan fingerprint density at radius 2 is 1.46 bits per heavy atom. The number of hydrogen-bond donors (Lipinski definition) is 1. The molecular formula is C15H10F5NO4S. The third-order valence-corrected chi connectivity index (χ3v) is 4.25. The topological polar surface area (TPSA) is 72.5 Å². The summed E-state index contributed by atoms with van der Waals surface area (Å²) >= 11 is 0. The van der Waals surface area contributed by atoms with Crippen LogP contribution in [-0.2, 0) is 14.6 Å². The van der Waals surface area contributed by atoms with Crippen molar-refractivity contribution in [3.8, 4) is 5.75 Å². The van der Waals surface area contributed by atoms with E-state index in [0.29, 0.717) is 0 Å². The van der Waals surface area contributed by atoms with Crippen LogP contribution in [0.4, 0.5) is 27.6 Å². The van der Waals surface area contributed by atoms with Crippen molar-refractivity contribution in [2.75, 3.05) is 18.1 Å². The SMILES string of the molecule is CS(=O)(=O)c1ccccc1NCC(=O)Oc1c(F)c(F)c(F)c(F)c1F. The molecule has 0 saturated heterocycles. The molecule has 0 amide bonds. The average molecular weight is 395 g/mol. The van der Waals surface area contributed by atoms with Gasteiger partial charge >= 0.3 is 5.97 Å². The number of rotatable bonds is 5. The summed E-state index contributed by atoms with van der Waals surface area (Å²) in [6, 6.07) is 5.43. The molecule has 11 heteroatoms. The lowest BCUT2D eigenvalue weighted by Crippen LogP contribution is -2.22.